The van der Waals surface area contributed by atoms with Crippen LogP contribution in [0.5, 0.6) is 0 Å². The lowest BCUT2D eigenvalue weighted by molar-refractivity contribution is 0.378. The minimum Gasteiger partial charge on any atom is -0.370 e. The maximum atomic E-state index is 6.22. The Balaban J connectivity index is 0.00000240. The zero-order valence-corrected chi connectivity index (χ0v) is 18.5. The van der Waals surface area contributed by atoms with Gasteiger partial charge in [0.25, 0.3) is 0 Å². The first-order valence-electron chi connectivity index (χ1n) is 9.38. The lowest BCUT2D eigenvalue weighted by Gasteiger charge is -2.35. The summed E-state index contributed by atoms with van der Waals surface area (Å²) >= 11 is 0. The average Bonchev–Trinajstić information content (AvgIpc) is 3.27. The van der Waals surface area contributed by atoms with Gasteiger partial charge in [0.05, 0.1) is 12.9 Å². The maximum Gasteiger partial charge on any atom is 0.225 e. The second-order valence-electron chi connectivity index (χ2n) is 6.75. The summed E-state index contributed by atoms with van der Waals surface area (Å²) in [5.74, 6) is 1.37. The Morgan fingerprint density at radius 1 is 0.966 bits per heavy atom. The van der Waals surface area contributed by atoms with Gasteiger partial charge in [-0.2, -0.15) is 0 Å². The number of aromatic nitrogens is 4. The molecule has 1 saturated heterocycles. The summed E-state index contributed by atoms with van der Waals surface area (Å²) in [6, 6.07) is 10.3. The molecule has 1 aliphatic rings. The Labute approximate surface area is 187 Å². The fraction of sp³-hybridized carbons (Fsp3) is 0.300. The van der Waals surface area contributed by atoms with Gasteiger partial charge in [-0.15, -0.1) is 24.0 Å². The van der Waals surface area contributed by atoms with Gasteiger partial charge in [-0.3, -0.25) is 0 Å². The third kappa shape index (κ3) is 5.66. The van der Waals surface area contributed by atoms with E-state index in [1.54, 1.807) is 18.6 Å². The quantitative estimate of drug-likeness (QED) is 0.325. The molecule has 2 N–H and O–H groups in total. The summed E-state index contributed by atoms with van der Waals surface area (Å²) < 4.78 is 2.05. The van der Waals surface area contributed by atoms with E-state index < -0.39 is 0 Å². The van der Waals surface area contributed by atoms with Crippen molar-refractivity contribution in [3.8, 4) is 0 Å². The number of hydrogen-bond acceptors (Lipinski definition) is 5. The Kier molecular flexibility index (Phi) is 7.39. The number of nitrogens with zero attached hydrogens (tertiary/aromatic N) is 7. The Bertz CT molecular complexity index is 888. The molecular weight excluding hydrogens is 479 g/mol. The van der Waals surface area contributed by atoms with Crippen LogP contribution < -0.4 is 10.6 Å². The molecule has 0 aliphatic carbocycles. The first kappa shape index (κ1) is 21.0. The minimum absolute atomic E-state index is 0. The van der Waals surface area contributed by atoms with Crippen LogP contribution >= 0.6 is 24.0 Å². The minimum atomic E-state index is 0. The van der Waals surface area contributed by atoms with E-state index in [0.29, 0.717) is 12.5 Å². The van der Waals surface area contributed by atoms with Crippen molar-refractivity contribution in [1.82, 2.24) is 24.4 Å². The van der Waals surface area contributed by atoms with E-state index in [4.69, 9.17) is 5.73 Å². The van der Waals surface area contributed by atoms with Gasteiger partial charge < -0.3 is 20.1 Å². The fourth-order valence-electron chi connectivity index (χ4n) is 3.20. The van der Waals surface area contributed by atoms with Crippen molar-refractivity contribution >= 4 is 35.9 Å². The van der Waals surface area contributed by atoms with Gasteiger partial charge in [0.15, 0.2) is 5.96 Å². The van der Waals surface area contributed by atoms with Gasteiger partial charge in [0.2, 0.25) is 5.95 Å². The second kappa shape index (κ2) is 10.2. The van der Waals surface area contributed by atoms with E-state index in [1.807, 2.05) is 23.2 Å². The van der Waals surface area contributed by atoms with E-state index in [0.717, 1.165) is 44.2 Å². The lowest BCUT2D eigenvalue weighted by Crippen LogP contribution is -2.51. The van der Waals surface area contributed by atoms with Crippen LogP contribution in [0.25, 0.3) is 0 Å². The first-order valence-corrected chi connectivity index (χ1v) is 9.38. The highest BCUT2D eigenvalue weighted by Gasteiger charge is 2.19. The number of piperazine rings is 1. The summed E-state index contributed by atoms with van der Waals surface area (Å²) in [6.07, 6.45) is 9.11. The molecule has 1 aliphatic heterocycles. The highest BCUT2D eigenvalue weighted by atomic mass is 127. The zero-order chi connectivity index (χ0) is 19.2. The molecular formula is C20H25IN8. The molecule has 29 heavy (non-hydrogen) atoms. The van der Waals surface area contributed by atoms with Crippen molar-refractivity contribution in [3.05, 3.63) is 72.6 Å². The van der Waals surface area contributed by atoms with Gasteiger partial charge in [-0.25, -0.2) is 19.9 Å². The van der Waals surface area contributed by atoms with Crippen molar-refractivity contribution < 1.29 is 0 Å². The van der Waals surface area contributed by atoms with E-state index in [1.165, 1.54) is 5.56 Å². The standard InChI is InChI=1S/C20H24N8.HI/c21-19(27-10-12-28(13-11-27)20-23-6-1-7-24-20)25-14-17-2-4-18(5-3-17)15-26-9-8-22-16-26;/h1-9,16H,10-15H2,(H2,21,25);1H. The summed E-state index contributed by atoms with van der Waals surface area (Å²) in [7, 11) is 0. The monoisotopic (exact) mass is 504 g/mol. The topological polar surface area (TPSA) is 88.5 Å². The average molecular weight is 504 g/mol. The fourth-order valence-corrected chi connectivity index (χ4v) is 3.20. The first-order chi connectivity index (χ1) is 13.8. The molecule has 0 saturated carbocycles. The molecule has 0 spiro atoms. The van der Waals surface area contributed by atoms with Crippen molar-refractivity contribution in [2.75, 3.05) is 31.1 Å². The van der Waals surface area contributed by atoms with Crippen molar-refractivity contribution in [1.29, 1.82) is 0 Å². The molecule has 8 nitrogen and oxygen atoms in total. The lowest BCUT2D eigenvalue weighted by atomic mass is 10.1. The number of imidazole rings is 1. The Morgan fingerprint density at radius 2 is 1.66 bits per heavy atom. The molecule has 1 fully saturated rings. The summed E-state index contributed by atoms with van der Waals surface area (Å²) in [5.41, 5.74) is 8.60. The number of guanidine groups is 1. The third-order valence-electron chi connectivity index (χ3n) is 4.81. The third-order valence-corrected chi connectivity index (χ3v) is 4.81. The zero-order valence-electron chi connectivity index (χ0n) is 16.1. The van der Waals surface area contributed by atoms with Gasteiger partial charge >= 0.3 is 0 Å². The number of halogens is 1. The van der Waals surface area contributed by atoms with Crippen LogP contribution in [0.2, 0.25) is 0 Å². The summed E-state index contributed by atoms with van der Waals surface area (Å²) in [6.45, 7) is 4.71. The molecule has 3 heterocycles. The largest absolute Gasteiger partial charge is 0.370 e. The number of hydrogen-bond donors (Lipinski definition) is 1. The van der Waals surface area contributed by atoms with Crippen LogP contribution in [0.3, 0.4) is 0 Å². The van der Waals surface area contributed by atoms with E-state index in [9.17, 15) is 0 Å². The van der Waals surface area contributed by atoms with Crippen molar-refractivity contribution in [3.63, 3.8) is 0 Å². The maximum absolute atomic E-state index is 6.22. The van der Waals surface area contributed by atoms with Gasteiger partial charge in [-0.1, -0.05) is 24.3 Å². The molecule has 0 radical (unpaired) electrons. The van der Waals surface area contributed by atoms with E-state index in [2.05, 4.69) is 54.0 Å². The van der Waals surface area contributed by atoms with Crippen LogP contribution in [-0.4, -0.2) is 56.6 Å². The molecule has 9 heteroatoms. The molecule has 2 aromatic heterocycles. The molecule has 0 atom stereocenters. The molecule has 0 amide bonds. The van der Waals surface area contributed by atoms with Gasteiger partial charge in [0.1, 0.15) is 0 Å². The van der Waals surface area contributed by atoms with E-state index >= 15 is 0 Å². The van der Waals surface area contributed by atoms with Crippen molar-refractivity contribution in [2.24, 2.45) is 10.7 Å². The highest BCUT2D eigenvalue weighted by Crippen LogP contribution is 2.11. The predicted molar refractivity (Wildman–Crippen MR) is 124 cm³/mol. The van der Waals surface area contributed by atoms with Gasteiger partial charge in [-0.05, 0) is 17.2 Å². The van der Waals surface area contributed by atoms with Gasteiger partial charge in [0, 0.05) is 57.5 Å². The summed E-state index contributed by atoms with van der Waals surface area (Å²) in [4.78, 5) is 21.5. The predicted octanol–water partition coefficient (Wildman–Crippen LogP) is 1.98. The Hall–Kier alpha value is -2.69. The number of rotatable bonds is 5. The molecule has 0 bridgehead atoms. The number of benzene rings is 1. The SMILES string of the molecule is I.NC(=NCc1ccc(Cn2ccnc2)cc1)N1CCN(c2ncccn2)CC1. The van der Waals surface area contributed by atoms with Crippen LogP contribution in [0, 0.1) is 0 Å². The summed E-state index contributed by atoms with van der Waals surface area (Å²) in [5, 5.41) is 0. The molecule has 1 aromatic carbocycles. The number of anilines is 1. The highest BCUT2D eigenvalue weighted by molar-refractivity contribution is 14.0. The molecule has 0 unspecified atom stereocenters. The van der Waals surface area contributed by atoms with E-state index in [-0.39, 0.29) is 24.0 Å². The smallest absolute Gasteiger partial charge is 0.225 e. The van der Waals surface area contributed by atoms with Crippen LogP contribution in [0.15, 0.2) is 66.4 Å². The van der Waals surface area contributed by atoms with Crippen LogP contribution in [0.4, 0.5) is 5.95 Å². The van der Waals surface area contributed by atoms with Crippen molar-refractivity contribution in [2.45, 2.75) is 13.1 Å². The molecule has 152 valence electrons. The Morgan fingerprint density at radius 3 is 2.31 bits per heavy atom. The number of aliphatic imine (C=N–C) groups is 1. The van der Waals surface area contributed by atoms with Crippen LogP contribution in [-0.2, 0) is 13.1 Å². The molecule has 3 aromatic rings. The normalized spacial score (nSPS) is 14.6. The molecule has 4 rings (SSSR count). The van der Waals surface area contributed by atoms with Crippen LogP contribution in [0.1, 0.15) is 11.1 Å². The second-order valence-corrected chi connectivity index (χ2v) is 6.75. The number of nitrogens with two attached hydrogens (primary N) is 1.